The number of carbonyl (C=O) groups excluding carboxylic acids is 1. The van der Waals surface area contributed by atoms with Gasteiger partial charge in [0, 0.05) is 6.54 Å². The molecular formula is C13H20N4O3. The molecule has 1 aromatic heterocycles. The molecule has 0 atom stereocenters. The van der Waals surface area contributed by atoms with E-state index < -0.39 is 11.7 Å². The van der Waals surface area contributed by atoms with Crippen LogP contribution in [0.5, 0.6) is 5.88 Å². The summed E-state index contributed by atoms with van der Waals surface area (Å²) in [6.07, 6.45) is 4.47. The molecule has 0 spiro atoms. The quantitative estimate of drug-likeness (QED) is 0.869. The van der Waals surface area contributed by atoms with Crippen LogP contribution in [0.25, 0.3) is 6.08 Å². The highest BCUT2D eigenvalue weighted by molar-refractivity contribution is 5.68. The standard InChI is InChI=1S/C13H20N4O3/c1-13(2,3)20-12(18)15-7-5-6-9-8-16-10(14)11(17-9)19-4/h5-6,8H,7H2,1-4H3,(H2,14,16)(H,15,18). The zero-order valence-electron chi connectivity index (χ0n) is 12.1. The molecule has 1 rings (SSSR count). The molecular weight excluding hydrogens is 260 g/mol. The summed E-state index contributed by atoms with van der Waals surface area (Å²) < 4.78 is 10.1. The predicted molar refractivity (Wildman–Crippen MR) is 76.3 cm³/mol. The number of nitrogens with zero attached hydrogens (tertiary/aromatic N) is 2. The van der Waals surface area contributed by atoms with Gasteiger partial charge in [-0.05, 0) is 26.8 Å². The number of nitrogen functional groups attached to an aromatic ring is 1. The number of alkyl carbamates (subject to hydrolysis) is 1. The Labute approximate surface area is 118 Å². The minimum absolute atomic E-state index is 0.233. The third kappa shape index (κ3) is 5.55. The van der Waals surface area contributed by atoms with Crippen molar-refractivity contribution < 1.29 is 14.3 Å². The SMILES string of the molecule is COc1nc(C=CCNC(=O)OC(C)(C)C)cnc1N. The van der Waals surface area contributed by atoms with E-state index in [1.54, 1.807) is 32.9 Å². The second kappa shape index (κ2) is 6.74. The van der Waals surface area contributed by atoms with Gasteiger partial charge in [0.25, 0.3) is 5.88 Å². The molecule has 0 aliphatic heterocycles. The van der Waals surface area contributed by atoms with Gasteiger partial charge in [0.2, 0.25) is 0 Å². The second-order valence-electron chi connectivity index (χ2n) is 4.97. The first kappa shape index (κ1) is 15.7. The summed E-state index contributed by atoms with van der Waals surface area (Å²) in [6, 6.07) is 0. The summed E-state index contributed by atoms with van der Waals surface area (Å²) in [7, 11) is 1.47. The van der Waals surface area contributed by atoms with Gasteiger partial charge in [0.05, 0.1) is 19.0 Å². The van der Waals surface area contributed by atoms with Crippen LogP contribution in [0.1, 0.15) is 26.5 Å². The third-order valence-corrected chi connectivity index (χ3v) is 2.03. The summed E-state index contributed by atoms with van der Waals surface area (Å²) in [5.41, 5.74) is 5.63. The normalized spacial score (nSPS) is 11.4. The lowest BCUT2D eigenvalue weighted by Gasteiger charge is -2.19. The van der Waals surface area contributed by atoms with Crippen molar-refractivity contribution >= 4 is 18.0 Å². The minimum atomic E-state index is -0.510. The number of nitrogens with two attached hydrogens (primary N) is 1. The molecule has 7 nitrogen and oxygen atoms in total. The maximum atomic E-state index is 11.4. The Morgan fingerprint density at radius 3 is 2.80 bits per heavy atom. The van der Waals surface area contributed by atoms with E-state index in [-0.39, 0.29) is 11.7 Å². The molecule has 1 amide bonds. The molecule has 0 bridgehead atoms. The van der Waals surface area contributed by atoms with Crippen LogP contribution in [0.15, 0.2) is 12.3 Å². The molecule has 3 N–H and O–H groups in total. The van der Waals surface area contributed by atoms with Gasteiger partial charge in [0.1, 0.15) is 5.60 Å². The number of rotatable bonds is 4. The van der Waals surface area contributed by atoms with Gasteiger partial charge in [-0.25, -0.2) is 14.8 Å². The van der Waals surface area contributed by atoms with Gasteiger partial charge >= 0.3 is 6.09 Å². The van der Waals surface area contributed by atoms with Gasteiger partial charge in [-0.3, -0.25) is 0 Å². The predicted octanol–water partition coefficient (Wildman–Crippen LogP) is 1.61. The van der Waals surface area contributed by atoms with Gasteiger partial charge in [0.15, 0.2) is 5.82 Å². The molecule has 1 heterocycles. The molecule has 0 aliphatic carbocycles. The highest BCUT2D eigenvalue weighted by Gasteiger charge is 2.14. The first-order valence-corrected chi connectivity index (χ1v) is 6.11. The maximum absolute atomic E-state index is 11.4. The molecule has 110 valence electrons. The van der Waals surface area contributed by atoms with Crippen LogP contribution >= 0.6 is 0 Å². The lowest BCUT2D eigenvalue weighted by molar-refractivity contribution is 0.0534. The number of hydrogen-bond acceptors (Lipinski definition) is 6. The van der Waals surface area contributed by atoms with Crippen LogP contribution in [0, 0.1) is 0 Å². The number of hydrogen-bond donors (Lipinski definition) is 2. The molecule has 0 aliphatic rings. The number of nitrogens with one attached hydrogen (secondary N) is 1. The topological polar surface area (TPSA) is 99.4 Å². The Morgan fingerprint density at radius 1 is 1.50 bits per heavy atom. The minimum Gasteiger partial charge on any atom is -0.478 e. The number of anilines is 1. The van der Waals surface area contributed by atoms with E-state index in [2.05, 4.69) is 15.3 Å². The van der Waals surface area contributed by atoms with Crippen molar-refractivity contribution in [3.8, 4) is 5.88 Å². The average molecular weight is 280 g/mol. The van der Waals surface area contributed by atoms with Crippen molar-refractivity contribution in [3.63, 3.8) is 0 Å². The fourth-order valence-electron chi connectivity index (χ4n) is 1.26. The van der Waals surface area contributed by atoms with Crippen LogP contribution in [-0.4, -0.2) is 35.3 Å². The molecule has 0 unspecified atom stereocenters. The Kier molecular flexibility index (Phi) is 5.31. The Morgan fingerprint density at radius 2 is 2.20 bits per heavy atom. The van der Waals surface area contributed by atoms with Crippen molar-refractivity contribution in [3.05, 3.63) is 18.0 Å². The molecule has 0 radical (unpaired) electrons. The Hall–Kier alpha value is -2.31. The number of amides is 1. The van der Waals surface area contributed by atoms with Crippen molar-refractivity contribution in [1.29, 1.82) is 0 Å². The molecule has 1 aromatic rings. The monoisotopic (exact) mass is 280 g/mol. The summed E-state index contributed by atoms with van der Waals surface area (Å²) >= 11 is 0. The number of aromatic nitrogens is 2. The average Bonchev–Trinajstić information content (AvgIpc) is 2.34. The Balaban J connectivity index is 2.47. The van der Waals surface area contributed by atoms with Crippen LogP contribution < -0.4 is 15.8 Å². The second-order valence-corrected chi connectivity index (χ2v) is 4.97. The molecule has 0 saturated heterocycles. The zero-order chi connectivity index (χ0) is 15.2. The summed E-state index contributed by atoms with van der Waals surface area (Å²) in [5, 5.41) is 2.60. The molecule has 7 heteroatoms. The van der Waals surface area contributed by atoms with Crippen molar-refractivity contribution in [1.82, 2.24) is 15.3 Å². The fraction of sp³-hybridized carbons (Fsp3) is 0.462. The van der Waals surface area contributed by atoms with E-state index in [0.29, 0.717) is 12.2 Å². The number of carbonyl (C=O) groups is 1. The van der Waals surface area contributed by atoms with Crippen molar-refractivity contribution in [2.75, 3.05) is 19.4 Å². The highest BCUT2D eigenvalue weighted by atomic mass is 16.6. The first-order chi connectivity index (χ1) is 9.31. The van der Waals surface area contributed by atoms with Crippen LogP contribution in [0.3, 0.4) is 0 Å². The van der Waals surface area contributed by atoms with Crippen molar-refractivity contribution in [2.24, 2.45) is 0 Å². The largest absolute Gasteiger partial charge is 0.478 e. The summed E-state index contributed by atoms with van der Waals surface area (Å²) in [5.74, 6) is 0.504. The van der Waals surface area contributed by atoms with Crippen molar-refractivity contribution in [2.45, 2.75) is 26.4 Å². The molecule has 0 saturated carbocycles. The molecule has 20 heavy (non-hydrogen) atoms. The lowest BCUT2D eigenvalue weighted by Crippen LogP contribution is -2.32. The smallest absolute Gasteiger partial charge is 0.407 e. The molecule has 0 aromatic carbocycles. The van der Waals surface area contributed by atoms with E-state index >= 15 is 0 Å². The zero-order valence-corrected chi connectivity index (χ0v) is 12.1. The molecule has 0 fully saturated rings. The van der Waals surface area contributed by atoms with E-state index in [4.69, 9.17) is 15.2 Å². The lowest BCUT2D eigenvalue weighted by atomic mass is 10.2. The van der Waals surface area contributed by atoms with Crippen LogP contribution in [-0.2, 0) is 4.74 Å². The first-order valence-electron chi connectivity index (χ1n) is 6.11. The van der Waals surface area contributed by atoms with Crippen LogP contribution in [0.4, 0.5) is 10.6 Å². The van der Waals surface area contributed by atoms with Gasteiger partial charge < -0.3 is 20.5 Å². The number of methoxy groups -OCH3 is 1. The summed E-state index contributed by atoms with van der Waals surface area (Å²) in [4.78, 5) is 19.4. The fourth-order valence-corrected chi connectivity index (χ4v) is 1.26. The van der Waals surface area contributed by atoms with E-state index in [9.17, 15) is 4.79 Å². The van der Waals surface area contributed by atoms with E-state index in [1.165, 1.54) is 13.3 Å². The number of ether oxygens (including phenoxy) is 2. The van der Waals surface area contributed by atoms with Gasteiger partial charge in [-0.15, -0.1) is 0 Å². The Bertz CT molecular complexity index is 495. The van der Waals surface area contributed by atoms with E-state index in [1.807, 2.05) is 0 Å². The third-order valence-electron chi connectivity index (χ3n) is 2.03. The van der Waals surface area contributed by atoms with Crippen LogP contribution in [0.2, 0.25) is 0 Å². The summed E-state index contributed by atoms with van der Waals surface area (Å²) in [6.45, 7) is 5.74. The van der Waals surface area contributed by atoms with E-state index in [0.717, 1.165) is 0 Å². The van der Waals surface area contributed by atoms with Gasteiger partial charge in [-0.1, -0.05) is 6.08 Å². The van der Waals surface area contributed by atoms with Gasteiger partial charge in [-0.2, -0.15) is 0 Å². The highest BCUT2D eigenvalue weighted by Crippen LogP contribution is 2.14. The maximum Gasteiger partial charge on any atom is 0.407 e.